The average Bonchev–Trinajstić information content (AvgIpc) is 3.32. The number of rotatable bonds is 4. The van der Waals surface area contributed by atoms with Gasteiger partial charge in [0.25, 0.3) is 5.91 Å². The number of H-pyrrole nitrogens is 1. The third-order valence-corrected chi connectivity index (χ3v) is 4.95. The van der Waals surface area contributed by atoms with Crippen molar-refractivity contribution in [2.45, 2.75) is 6.42 Å². The van der Waals surface area contributed by atoms with E-state index < -0.39 is 0 Å². The Morgan fingerprint density at radius 2 is 2.00 bits per heavy atom. The van der Waals surface area contributed by atoms with Gasteiger partial charge in [0, 0.05) is 24.5 Å². The van der Waals surface area contributed by atoms with Gasteiger partial charge in [-0.1, -0.05) is 24.3 Å². The number of aromatic nitrogens is 2. The van der Waals surface area contributed by atoms with Gasteiger partial charge in [-0.2, -0.15) is 5.10 Å². The summed E-state index contributed by atoms with van der Waals surface area (Å²) >= 11 is 0. The second-order valence-corrected chi connectivity index (χ2v) is 6.79. The van der Waals surface area contributed by atoms with Crippen LogP contribution in [0.3, 0.4) is 0 Å². The first-order valence-corrected chi connectivity index (χ1v) is 8.70. The molecule has 0 saturated carbocycles. The SMILES string of the molecule is CN(CC1CCNC1)C(=O)c1ccc(-c2ccc3cn[nH]c3c2)cc1. The number of carbonyl (C=O) groups is 1. The predicted octanol–water partition coefficient (Wildman–Crippen LogP) is 2.91. The van der Waals surface area contributed by atoms with E-state index in [9.17, 15) is 4.79 Å². The molecule has 1 unspecified atom stereocenters. The normalized spacial score (nSPS) is 17.1. The highest BCUT2D eigenvalue weighted by molar-refractivity contribution is 5.94. The number of hydrogen-bond acceptors (Lipinski definition) is 3. The van der Waals surface area contributed by atoms with Crippen LogP contribution in [-0.2, 0) is 0 Å². The molecule has 1 atom stereocenters. The van der Waals surface area contributed by atoms with Crippen molar-refractivity contribution in [2.24, 2.45) is 5.92 Å². The number of hydrogen-bond donors (Lipinski definition) is 2. The largest absolute Gasteiger partial charge is 0.341 e. The summed E-state index contributed by atoms with van der Waals surface area (Å²) < 4.78 is 0. The van der Waals surface area contributed by atoms with Crippen molar-refractivity contribution in [1.82, 2.24) is 20.4 Å². The van der Waals surface area contributed by atoms with E-state index in [0.29, 0.717) is 5.92 Å². The molecule has 3 aromatic rings. The first-order chi connectivity index (χ1) is 12.2. The average molecular weight is 334 g/mol. The lowest BCUT2D eigenvalue weighted by molar-refractivity contribution is 0.0776. The standard InChI is InChI=1S/C20H22N4O/c1-24(13-14-8-9-21-11-14)20(25)16-4-2-15(3-5-16)17-6-7-18-12-22-23-19(18)10-17/h2-7,10,12,14,21H,8-9,11,13H2,1H3,(H,22,23). The van der Waals surface area contributed by atoms with Gasteiger partial charge in [-0.25, -0.2) is 0 Å². The Labute approximate surface area is 147 Å². The van der Waals surface area contributed by atoms with Gasteiger partial charge in [-0.15, -0.1) is 0 Å². The van der Waals surface area contributed by atoms with Gasteiger partial charge < -0.3 is 10.2 Å². The minimum Gasteiger partial charge on any atom is -0.341 e. The summed E-state index contributed by atoms with van der Waals surface area (Å²) in [5.41, 5.74) is 3.96. The molecule has 1 amide bonds. The van der Waals surface area contributed by atoms with Crippen LogP contribution in [0.15, 0.2) is 48.7 Å². The Kier molecular flexibility index (Phi) is 4.24. The highest BCUT2D eigenvalue weighted by atomic mass is 16.2. The van der Waals surface area contributed by atoms with Gasteiger partial charge in [0.1, 0.15) is 0 Å². The van der Waals surface area contributed by atoms with E-state index >= 15 is 0 Å². The Morgan fingerprint density at radius 1 is 1.20 bits per heavy atom. The van der Waals surface area contributed by atoms with Gasteiger partial charge in [0.2, 0.25) is 0 Å². The van der Waals surface area contributed by atoms with Crippen molar-refractivity contribution in [3.63, 3.8) is 0 Å². The van der Waals surface area contributed by atoms with Crippen LogP contribution in [0, 0.1) is 5.92 Å². The van der Waals surface area contributed by atoms with Gasteiger partial charge in [-0.05, 0) is 54.8 Å². The van der Waals surface area contributed by atoms with Crippen molar-refractivity contribution in [3.8, 4) is 11.1 Å². The maximum Gasteiger partial charge on any atom is 0.253 e. The van der Waals surface area contributed by atoms with E-state index in [-0.39, 0.29) is 5.91 Å². The van der Waals surface area contributed by atoms with Crippen molar-refractivity contribution in [2.75, 3.05) is 26.7 Å². The molecule has 2 heterocycles. The first kappa shape index (κ1) is 15.8. The van der Waals surface area contributed by atoms with Crippen LogP contribution in [0.1, 0.15) is 16.8 Å². The summed E-state index contributed by atoms with van der Waals surface area (Å²) in [5, 5.41) is 11.5. The third kappa shape index (κ3) is 3.28. The van der Waals surface area contributed by atoms with E-state index in [4.69, 9.17) is 0 Å². The zero-order valence-electron chi connectivity index (χ0n) is 14.3. The molecule has 5 nitrogen and oxygen atoms in total. The van der Waals surface area contributed by atoms with E-state index in [1.165, 1.54) is 0 Å². The van der Waals surface area contributed by atoms with E-state index in [2.05, 4.69) is 33.7 Å². The van der Waals surface area contributed by atoms with Crippen LogP contribution >= 0.6 is 0 Å². The molecular formula is C20H22N4O. The van der Waals surface area contributed by atoms with Gasteiger partial charge in [0.15, 0.2) is 0 Å². The number of nitrogens with zero attached hydrogens (tertiary/aromatic N) is 2. The van der Waals surface area contributed by atoms with Crippen LogP contribution in [0.25, 0.3) is 22.0 Å². The highest BCUT2D eigenvalue weighted by Gasteiger charge is 2.20. The van der Waals surface area contributed by atoms with Crippen LogP contribution in [0.4, 0.5) is 0 Å². The predicted molar refractivity (Wildman–Crippen MR) is 99.5 cm³/mol. The maximum atomic E-state index is 12.6. The fourth-order valence-corrected chi connectivity index (χ4v) is 3.48. The van der Waals surface area contributed by atoms with Gasteiger partial charge >= 0.3 is 0 Å². The maximum absolute atomic E-state index is 12.6. The number of carbonyl (C=O) groups excluding carboxylic acids is 1. The number of nitrogens with one attached hydrogen (secondary N) is 2. The highest BCUT2D eigenvalue weighted by Crippen LogP contribution is 2.24. The number of aromatic amines is 1. The van der Waals surface area contributed by atoms with Crippen LogP contribution < -0.4 is 5.32 Å². The molecule has 1 aliphatic heterocycles. The quantitative estimate of drug-likeness (QED) is 0.771. The molecule has 0 radical (unpaired) electrons. The molecule has 2 aromatic carbocycles. The topological polar surface area (TPSA) is 61.0 Å². The Morgan fingerprint density at radius 3 is 2.76 bits per heavy atom. The summed E-state index contributed by atoms with van der Waals surface area (Å²) in [6, 6.07) is 14.1. The molecule has 1 saturated heterocycles. The van der Waals surface area contributed by atoms with Crippen LogP contribution in [0.5, 0.6) is 0 Å². The molecule has 1 aliphatic rings. The Hall–Kier alpha value is -2.66. The van der Waals surface area contributed by atoms with Gasteiger partial charge in [-0.3, -0.25) is 9.89 Å². The van der Waals surface area contributed by atoms with Crippen LogP contribution in [-0.4, -0.2) is 47.7 Å². The summed E-state index contributed by atoms with van der Waals surface area (Å²) in [6.07, 6.45) is 2.96. The summed E-state index contributed by atoms with van der Waals surface area (Å²) in [7, 11) is 1.89. The van der Waals surface area contributed by atoms with Crippen molar-refractivity contribution >= 4 is 16.8 Å². The van der Waals surface area contributed by atoms with Crippen LogP contribution in [0.2, 0.25) is 0 Å². The molecule has 2 N–H and O–H groups in total. The smallest absolute Gasteiger partial charge is 0.253 e. The van der Waals surface area contributed by atoms with E-state index in [0.717, 1.165) is 53.6 Å². The molecule has 25 heavy (non-hydrogen) atoms. The van der Waals surface area contributed by atoms with E-state index in [1.54, 1.807) is 0 Å². The second kappa shape index (κ2) is 6.69. The zero-order chi connectivity index (χ0) is 17.2. The molecule has 0 spiro atoms. The first-order valence-electron chi connectivity index (χ1n) is 8.70. The zero-order valence-corrected chi connectivity index (χ0v) is 14.3. The molecule has 5 heteroatoms. The lowest BCUT2D eigenvalue weighted by Gasteiger charge is -2.21. The molecule has 4 rings (SSSR count). The molecule has 1 aromatic heterocycles. The summed E-state index contributed by atoms with van der Waals surface area (Å²) in [6.45, 7) is 2.87. The minimum absolute atomic E-state index is 0.0856. The van der Waals surface area contributed by atoms with Crippen molar-refractivity contribution in [3.05, 3.63) is 54.2 Å². The van der Waals surface area contributed by atoms with Crippen molar-refractivity contribution in [1.29, 1.82) is 0 Å². The fourth-order valence-electron chi connectivity index (χ4n) is 3.48. The van der Waals surface area contributed by atoms with Gasteiger partial charge in [0.05, 0.1) is 11.7 Å². The molecule has 0 bridgehead atoms. The summed E-state index contributed by atoms with van der Waals surface area (Å²) in [4.78, 5) is 14.4. The summed E-state index contributed by atoms with van der Waals surface area (Å²) in [5.74, 6) is 0.650. The number of amides is 1. The third-order valence-electron chi connectivity index (χ3n) is 4.95. The molecule has 128 valence electrons. The van der Waals surface area contributed by atoms with Crippen molar-refractivity contribution < 1.29 is 4.79 Å². The molecule has 1 fully saturated rings. The molecular weight excluding hydrogens is 312 g/mol. The number of fused-ring (bicyclic) bond motifs is 1. The molecule has 0 aliphatic carbocycles. The Bertz CT molecular complexity index is 878. The lowest BCUT2D eigenvalue weighted by Crippen LogP contribution is -2.32. The fraction of sp³-hybridized carbons (Fsp3) is 0.300. The minimum atomic E-state index is 0.0856. The number of benzene rings is 2. The monoisotopic (exact) mass is 334 g/mol. The Balaban J connectivity index is 1.49. The van der Waals surface area contributed by atoms with E-state index in [1.807, 2.05) is 42.4 Å². The second-order valence-electron chi connectivity index (χ2n) is 6.79. The lowest BCUT2D eigenvalue weighted by atomic mass is 10.0.